The number of anilines is 1. The summed E-state index contributed by atoms with van der Waals surface area (Å²) in [5.41, 5.74) is 1.92. The normalized spacial score (nSPS) is 21.8. The first kappa shape index (κ1) is 39.1. The van der Waals surface area contributed by atoms with Crippen LogP contribution in [0.4, 0.5) is 14.9 Å². The van der Waals surface area contributed by atoms with Crippen LogP contribution in [0.5, 0.6) is 11.5 Å². The molecule has 0 saturated carbocycles. The molecule has 2 bridgehead atoms. The fraction of sp³-hybridized carbons (Fsp3) is 0.366. The standard InChI is InChI=1S/C41H41Cl2FN4O8/c1-54-35-11-10-26(17-36(35)55-2)28(18-29-31(42)21-46(53)22-32(29)43)38-30(40(50)51)20-48(38)39(49)27-7-5-6-24(16-27)19-47(34-9-4-3-8-33(34)44)41(52)56-37-23-45-14-12-25(37)13-15-45/h3-11,16-17,21-22,25,28,30,37-38H,12-15,18-20,23H2,1-2H3,(H-,50,51,53)/p+1/t28-,30?,37-,38?/m0/s1. The van der Waals surface area contributed by atoms with E-state index in [1.807, 2.05) is 0 Å². The van der Waals surface area contributed by atoms with E-state index in [9.17, 15) is 24.7 Å². The topological polar surface area (TPSA) is 133 Å². The number of carboxylic acid groups (broad SMARTS) is 1. The lowest BCUT2D eigenvalue weighted by Gasteiger charge is -2.50. The summed E-state index contributed by atoms with van der Waals surface area (Å²) in [7, 11) is 2.99. The molecule has 4 aliphatic rings. The van der Waals surface area contributed by atoms with E-state index in [1.165, 1.54) is 48.5 Å². The van der Waals surface area contributed by atoms with Crippen molar-refractivity contribution < 1.29 is 48.0 Å². The van der Waals surface area contributed by atoms with Crippen LogP contribution in [0.3, 0.4) is 0 Å². The Hall–Kier alpha value is -5.11. The Balaban J connectivity index is 1.20. The number of hydrogen-bond donors (Lipinski definition) is 2. The minimum atomic E-state index is -1.08. The van der Waals surface area contributed by atoms with E-state index >= 15 is 4.39 Å². The number of benzene rings is 3. The summed E-state index contributed by atoms with van der Waals surface area (Å²) in [6.07, 6.45) is 3.53. The van der Waals surface area contributed by atoms with Gasteiger partial charge in [0.25, 0.3) is 5.91 Å². The van der Waals surface area contributed by atoms with E-state index in [0.29, 0.717) is 34.7 Å². The Labute approximate surface area is 333 Å². The molecule has 0 aliphatic carbocycles. The fourth-order valence-electron chi connectivity index (χ4n) is 8.24. The third-order valence-corrected chi connectivity index (χ3v) is 11.9. The zero-order chi connectivity index (χ0) is 39.7. The van der Waals surface area contributed by atoms with Crippen molar-refractivity contribution >= 4 is 46.9 Å². The van der Waals surface area contributed by atoms with Crippen LogP contribution >= 0.6 is 23.2 Å². The molecule has 0 spiro atoms. The third kappa shape index (κ3) is 7.93. The van der Waals surface area contributed by atoms with Gasteiger partial charge >= 0.3 is 12.1 Å². The molecule has 0 radical (unpaired) electrons. The second-order valence-corrected chi connectivity index (χ2v) is 15.2. The van der Waals surface area contributed by atoms with Crippen LogP contribution in [0, 0.1) is 17.7 Å². The lowest BCUT2D eigenvalue weighted by atomic mass is 9.73. The minimum Gasteiger partial charge on any atom is -0.493 e. The number of aromatic nitrogens is 1. The molecule has 4 fully saturated rings. The number of fused-ring (bicyclic) bond motifs is 3. The van der Waals surface area contributed by atoms with Crippen molar-refractivity contribution in [1.82, 2.24) is 9.80 Å². The van der Waals surface area contributed by atoms with Crippen LogP contribution < -0.4 is 19.1 Å². The van der Waals surface area contributed by atoms with Crippen LogP contribution in [0.1, 0.15) is 45.8 Å². The van der Waals surface area contributed by atoms with Crippen molar-refractivity contribution in [2.75, 3.05) is 45.3 Å². The molecule has 8 rings (SSSR count). The van der Waals surface area contributed by atoms with E-state index in [4.69, 9.17) is 37.4 Å². The first-order valence-electron chi connectivity index (χ1n) is 18.3. The summed E-state index contributed by atoms with van der Waals surface area (Å²) in [4.78, 5) is 46.0. The number of carbonyl (C=O) groups excluding carboxylic acids is 2. The number of pyridine rings is 1. The zero-order valence-corrected chi connectivity index (χ0v) is 32.3. The number of nitrogens with zero attached hydrogens (tertiary/aromatic N) is 4. The summed E-state index contributed by atoms with van der Waals surface area (Å²) in [6, 6.07) is 16.9. The highest BCUT2D eigenvalue weighted by molar-refractivity contribution is 6.35. The predicted octanol–water partition coefficient (Wildman–Crippen LogP) is 6.46. The number of piperidine rings is 3. The van der Waals surface area contributed by atoms with Crippen LogP contribution in [-0.4, -0.2) is 90.6 Å². The van der Waals surface area contributed by atoms with Gasteiger partial charge in [-0.1, -0.05) is 53.5 Å². The molecule has 12 nitrogen and oxygen atoms in total. The van der Waals surface area contributed by atoms with Crippen LogP contribution in [0.25, 0.3) is 0 Å². The molecule has 15 heteroatoms. The summed E-state index contributed by atoms with van der Waals surface area (Å²) < 4.78 is 33.0. The maximum Gasteiger partial charge on any atom is 0.415 e. The average molecular weight is 809 g/mol. The second kappa shape index (κ2) is 16.5. The van der Waals surface area contributed by atoms with Gasteiger partial charge in [0.15, 0.2) is 11.5 Å². The van der Waals surface area contributed by atoms with E-state index in [1.54, 1.807) is 54.6 Å². The number of carboxylic acids is 1. The van der Waals surface area contributed by atoms with Crippen molar-refractivity contribution in [3.8, 4) is 11.5 Å². The van der Waals surface area contributed by atoms with Crippen molar-refractivity contribution in [1.29, 1.82) is 0 Å². The van der Waals surface area contributed by atoms with Crippen molar-refractivity contribution in [3.63, 3.8) is 0 Å². The number of aliphatic carboxylic acids is 1. The second-order valence-electron chi connectivity index (χ2n) is 14.4. The molecule has 2 unspecified atom stereocenters. The number of rotatable bonds is 12. The molecule has 56 heavy (non-hydrogen) atoms. The molecular weight excluding hydrogens is 766 g/mol. The van der Waals surface area contributed by atoms with Gasteiger partial charge in [-0.25, -0.2) is 9.18 Å². The maximum absolute atomic E-state index is 15.3. The molecule has 294 valence electrons. The molecule has 2 amide bonds. The zero-order valence-electron chi connectivity index (χ0n) is 30.8. The summed E-state index contributed by atoms with van der Waals surface area (Å²) in [6.45, 7) is 2.40. The Morgan fingerprint density at radius 2 is 1.66 bits per heavy atom. The highest BCUT2D eigenvalue weighted by atomic mass is 35.5. The highest BCUT2D eigenvalue weighted by Crippen LogP contribution is 2.43. The molecule has 4 saturated heterocycles. The highest BCUT2D eigenvalue weighted by Gasteiger charge is 2.51. The van der Waals surface area contributed by atoms with Gasteiger partial charge in [0.1, 0.15) is 22.0 Å². The average Bonchev–Trinajstić information content (AvgIpc) is 3.17. The molecule has 3 aromatic carbocycles. The number of hydrogen-bond acceptors (Lipinski definition) is 8. The molecule has 4 aliphatic heterocycles. The molecule has 4 atom stereocenters. The Bertz CT molecular complexity index is 2110. The smallest absolute Gasteiger partial charge is 0.415 e. The van der Waals surface area contributed by atoms with Crippen molar-refractivity contribution in [3.05, 3.63) is 117 Å². The van der Waals surface area contributed by atoms with Crippen molar-refractivity contribution in [2.45, 2.75) is 43.9 Å². The minimum absolute atomic E-state index is 0.0466. The number of ether oxygens (including phenoxy) is 3. The van der Waals surface area contributed by atoms with E-state index in [0.717, 1.165) is 30.7 Å². The summed E-state index contributed by atoms with van der Waals surface area (Å²) >= 11 is 13.1. The van der Waals surface area contributed by atoms with Gasteiger partial charge < -0.3 is 24.2 Å². The van der Waals surface area contributed by atoms with E-state index in [-0.39, 0.29) is 52.8 Å². The molecule has 1 aromatic heterocycles. The molecule has 5 heterocycles. The Morgan fingerprint density at radius 1 is 0.946 bits per heavy atom. The third-order valence-electron chi connectivity index (χ3n) is 11.2. The van der Waals surface area contributed by atoms with Crippen molar-refractivity contribution in [2.24, 2.45) is 11.8 Å². The summed E-state index contributed by atoms with van der Waals surface area (Å²) in [5.74, 6) is -2.64. The van der Waals surface area contributed by atoms with Gasteiger partial charge in [0.2, 0.25) is 12.4 Å². The lowest BCUT2D eigenvalue weighted by molar-refractivity contribution is -0.904. The molecular formula is C41H42Cl2FN4O8+. The quantitative estimate of drug-likeness (QED) is 0.122. The first-order chi connectivity index (χ1) is 26.9. The van der Waals surface area contributed by atoms with Gasteiger partial charge in [-0.3, -0.25) is 24.6 Å². The number of para-hydroxylation sites is 1. The number of carbonyl (C=O) groups is 3. The Kier molecular flexibility index (Phi) is 11.6. The summed E-state index contributed by atoms with van der Waals surface area (Å²) in [5, 5.41) is 20.7. The van der Waals surface area contributed by atoms with Gasteiger partial charge in [-0.15, -0.1) is 0 Å². The van der Waals surface area contributed by atoms with Crippen LogP contribution in [-0.2, 0) is 22.5 Å². The van der Waals surface area contributed by atoms with Crippen LogP contribution in [0.2, 0.25) is 10.0 Å². The predicted molar refractivity (Wildman–Crippen MR) is 204 cm³/mol. The number of halogens is 3. The number of amides is 2. The van der Waals surface area contributed by atoms with E-state index in [2.05, 4.69) is 4.90 Å². The molecule has 4 aromatic rings. The largest absolute Gasteiger partial charge is 0.493 e. The monoisotopic (exact) mass is 807 g/mol. The lowest BCUT2D eigenvalue weighted by Crippen LogP contribution is -2.63. The van der Waals surface area contributed by atoms with Gasteiger partial charge in [0, 0.05) is 34.9 Å². The van der Waals surface area contributed by atoms with Gasteiger partial charge in [0.05, 0.1) is 38.4 Å². The Morgan fingerprint density at radius 3 is 2.30 bits per heavy atom. The maximum atomic E-state index is 15.3. The van der Waals surface area contributed by atoms with Gasteiger partial charge in [-0.05, 0) is 85.8 Å². The molecule has 2 N–H and O–H groups in total. The van der Waals surface area contributed by atoms with Gasteiger partial charge in [-0.2, -0.15) is 0 Å². The fourth-order valence-corrected chi connectivity index (χ4v) is 8.85. The van der Waals surface area contributed by atoms with Crippen LogP contribution in [0.15, 0.2) is 79.1 Å². The first-order valence-corrected chi connectivity index (χ1v) is 19.1. The number of methoxy groups -OCH3 is 2. The number of likely N-dealkylation sites (tertiary alicyclic amines) is 1. The van der Waals surface area contributed by atoms with E-state index < -0.39 is 41.7 Å². The SMILES string of the molecule is COc1ccc([C@H](Cc2c(Cl)c[n+](O)cc2Cl)C2C(C(=O)O)CN2C(=O)c2cccc(CN(C(=O)O[C@H]3CN4CCC3CC4)c3ccccc3F)c2)cc1OC.